The number of anilines is 3. The SMILES string of the molecule is CC1(C)c2ccccc2-c2cc3c(cc21)c1cc(-c2ccc(N(c4ccccc4)c4ccc5ccccc5c4)cc2)ccc1n3-c1ccccc1. The Balaban J connectivity index is 1.12. The van der Waals surface area contributed by atoms with Crippen molar-refractivity contribution in [3.8, 4) is 27.9 Å². The van der Waals surface area contributed by atoms with Crippen LogP contribution in [-0.4, -0.2) is 4.57 Å². The fourth-order valence-corrected chi connectivity index (χ4v) is 8.39. The first kappa shape index (κ1) is 29.5. The summed E-state index contributed by atoms with van der Waals surface area (Å²) in [6.07, 6.45) is 0. The second-order valence-electron chi connectivity index (χ2n) is 14.2. The van der Waals surface area contributed by atoms with Crippen LogP contribution in [0.5, 0.6) is 0 Å². The van der Waals surface area contributed by atoms with Crippen LogP contribution in [0.2, 0.25) is 0 Å². The van der Waals surface area contributed by atoms with Crippen molar-refractivity contribution in [2.75, 3.05) is 4.90 Å². The maximum Gasteiger partial charge on any atom is 0.0547 e. The molecule has 0 amide bonds. The number of nitrogens with zero attached hydrogens (tertiary/aromatic N) is 2. The Morgan fingerprint density at radius 3 is 1.84 bits per heavy atom. The Kier molecular flexibility index (Phi) is 6.56. The zero-order valence-corrected chi connectivity index (χ0v) is 28.7. The summed E-state index contributed by atoms with van der Waals surface area (Å²) in [5, 5.41) is 5.03. The van der Waals surface area contributed by atoms with Gasteiger partial charge in [0.2, 0.25) is 0 Å². The zero-order chi connectivity index (χ0) is 34.1. The maximum absolute atomic E-state index is 2.47. The minimum Gasteiger partial charge on any atom is -0.310 e. The van der Waals surface area contributed by atoms with Crippen LogP contribution >= 0.6 is 0 Å². The summed E-state index contributed by atoms with van der Waals surface area (Å²) in [6.45, 7) is 4.73. The van der Waals surface area contributed by atoms with E-state index in [0.717, 1.165) is 17.1 Å². The lowest BCUT2D eigenvalue weighted by Crippen LogP contribution is -2.14. The summed E-state index contributed by atoms with van der Waals surface area (Å²) in [4.78, 5) is 2.34. The quantitative estimate of drug-likeness (QED) is 0.180. The third-order valence-electron chi connectivity index (χ3n) is 10.9. The molecular weight excluding hydrogens is 617 g/mol. The molecule has 9 aromatic rings. The van der Waals surface area contributed by atoms with Gasteiger partial charge in [-0.3, -0.25) is 0 Å². The Bertz CT molecular complexity index is 2750. The van der Waals surface area contributed by atoms with Crippen molar-refractivity contribution >= 4 is 49.6 Å². The van der Waals surface area contributed by atoms with E-state index in [1.807, 2.05) is 0 Å². The van der Waals surface area contributed by atoms with Crippen molar-refractivity contribution in [2.45, 2.75) is 19.3 Å². The molecule has 2 heteroatoms. The number of aromatic nitrogens is 1. The van der Waals surface area contributed by atoms with Gasteiger partial charge in [0.15, 0.2) is 0 Å². The number of hydrogen-bond acceptors (Lipinski definition) is 1. The molecule has 0 aliphatic heterocycles. The van der Waals surface area contributed by atoms with Crippen LogP contribution in [0.4, 0.5) is 17.1 Å². The first-order chi connectivity index (χ1) is 25.0. The number of para-hydroxylation sites is 2. The van der Waals surface area contributed by atoms with Crippen molar-refractivity contribution in [3.05, 3.63) is 193 Å². The smallest absolute Gasteiger partial charge is 0.0547 e. The average molecular weight is 653 g/mol. The molecule has 1 heterocycles. The second kappa shape index (κ2) is 11.3. The van der Waals surface area contributed by atoms with Crippen LogP contribution in [0.3, 0.4) is 0 Å². The third-order valence-corrected chi connectivity index (χ3v) is 10.9. The highest BCUT2D eigenvalue weighted by atomic mass is 15.1. The molecule has 0 N–H and O–H groups in total. The first-order valence-corrected chi connectivity index (χ1v) is 17.8. The zero-order valence-electron chi connectivity index (χ0n) is 28.7. The van der Waals surface area contributed by atoms with E-state index in [1.165, 1.54) is 71.6 Å². The van der Waals surface area contributed by atoms with Crippen molar-refractivity contribution in [1.82, 2.24) is 4.57 Å². The molecule has 1 aromatic heterocycles. The normalized spacial score (nSPS) is 13.1. The van der Waals surface area contributed by atoms with Crippen LogP contribution in [-0.2, 0) is 5.41 Å². The number of fused-ring (bicyclic) bond motifs is 7. The van der Waals surface area contributed by atoms with Crippen molar-refractivity contribution in [1.29, 1.82) is 0 Å². The van der Waals surface area contributed by atoms with E-state index in [2.05, 4.69) is 205 Å². The van der Waals surface area contributed by atoms with Gasteiger partial charge in [0.1, 0.15) is 0 Å². The molecule has 0 saturated heterocycles. The van der Waals surface area contributed by atoms with E-state index in [9.17, 15) is 0 Å². The lowest BCUT2D eigenvalue weighted by atomic mass is 9.82. The second-order valence-corrected chi connectivity index (χ2v) is 14.2. The molecular formula is C49H36N2. The monoisotopic (exact) mass is 652 g/mol. The van der Waals surface area contributed by atoms with E-state index in [0.29, 0.717) is 0 Å². The molecule has 2 nitrogen and oxygen atoms in total. The molecule has 0 spiro atoms. The molecule has 8 aromatic carbocycles. The van der Waals surface area contributed by atoms with Crippen LogP contribution < -0.4 is 4.90 Å². The molecule has 1 aliphatic rings. The first-order valence-electron chi connectivity index (χ1n) is 17.8. The Labute approximate surface area is 298 Å². The van der Waals surface area contributed by atoms with Gasteiger partial charge in [-0.25, -0.2) is 0 Å². The molecule has 242 valence electrons. The lowest BCUT2D eigenvalue weighted by molar-refractivity contribution is 0.661. The highest BCUT2D eigenvalue weighted by Gasteiger charge is 2.36. The van der Waals surface area contributed by atoms with Gasteiger partial charge in [-0.1, -0.05) is 123 Å². The molecule has 0 atom stereocenters. The fourth-order valence-electron chi connectivity index (χ4n) is 8.39. The van der Waals surface area contributed by atoms with Crippen LogP contribution in [0.25, 0.3) is 60.5 Å². The molecule has 51 heavy (non-hydrogen) atoms. The van der Waals surface area contributed by atoms with Crippen LogP contribution in [0, 0.1) is 0 Å². The van der Waals surface area contributed by atoms with Crippen molar-refractivity contribution < 1.29 is 0 Å². The van der Waals surface area contributed by atoms with Gasteiger partial charge in [-0.2, -0.15) is 0 Å². The summed E-state index contributed by atoms with van der Waals surface area (Å²) < 4.78 is 2.44. The Morgan fingerprint density at radius 2 is 1.04 bits per heavy atom. The molecule has 0 bridgehead atoms. The minimum atomic E-state index is -0.0651. The fraction of sp³-hybridized carbons (Fsp3) is 0.0612. The highest BCUT2D eigenvalue weighted by molar-refractivity contribution is 6.12. The van der Waals surface area contributed by atoms with E-state index >= 15 is 0 Å². The largest absolute Gasteiger partial charge is 0.310 e. The molecule has 0 unspecified atom stereocenters. The summed E-state index contributed by atoms with van der Waals surface area (Å²) >= 11 is 0. The van der Waals surface area contributed by atoms with E-state index < -0.39 is 0 Å². The molecule has 1 aliphatic carbocycles. The lowest BCUT2D eigenvalue weighted by Gasteiger charge is -2.26. The van der Waals surface area contributed by atoms with Crippen molar-refractivity contribution in [3.63, 3.8) is 0 Å². The van der Waals surface area contributed by atoms with Crippen molar-refractivity contribution in [2.24, 2.45) is 0 Å². The summed E-state index contributed by atoms with van der Waals surface area (Å²) in [7, 11) is 0. The Hall–Kier alpha value is -6.38. The summed E-state index contributed by atoms with van der Waals surface area (Å²) in [6, 6.07) is 66.5. The summed E-state index contributed by atoms with van der Waals surface area (Å²) in [5.41, 5.74) is 14.9. The molecule has 0 fully saturated rings. The predicted octanol–water partition coefficient (Wildman–Crippen LogP) is 13.4. The third kappa shape index (κ3) is 4.64. The topological polar surface area (TPSA) is 8.17 Å². The molecule has 0 radical (unpaired) electrons. The van der Waals surface area contributed by atoms with Crippen LogP contribution in [0.1, 0.15) is 25.0 Å². The number of benzene rings is 8. The van der Waals surface area contributed by atoms with E-state index in [1.54, 1.807) is 0 Å². The van der Waals surface area contributed by atoms with Gasteiger partial charge >= 0.3 is 0 Å². The summed E-state index contributed by atoms with van der Waals surface area (Å²) in [5.74, 6) is 0. The number of rotatable bonds is 5. The van der Waals surface area contributed by atoms with Gasteiger partial charge < -0.3 is 9.47 Å². The van der Waals surface area contributed by atoms with E-state index in [4.69, 9.17) is 0 Å². The van der Waals surface area contributed by atoms with Gasteiger partial charge in [0, 0.05) is 38.9 Å². The molecule has 0 saturated carbocycles. The maximum atomic E-state index is 2.47. The standard InChI is InChI=1S/C49H36N2/c1-49(2)45-20-12-11-19-41(45)42-32-48-44(31-46(42)49)43-30-36(24-28-47(43)51(48)38-17-7-4-8-18-38)34-21-25-39(26-22-34)50(37-15-5-3-6-16-37)40-27-23-33-13-9-10-14-35(33)29-40/h3-32H,1-2H3. The van der Waals surface area contributed by atoms with Gasteiger partial charge in [-0.15, -0.1) is 0 Å². The predicted molar refractivity (Wildman–Crippen MR) is 216 cm³/mol. The van der Waals surface area contributed by atoms with Gasteiger partial charge in [0.05, 0.1) is 11.0 Å². The molecule has 10 rings (SSSR count). The van der Waals surface area contributed by atoms with Gasteiger partial charge in [0.25, 0.3) is 0 Å². The highest BCUT2D eigenvalue weighted by Crippen LogP contribution is 2.51. The van der Waals surface area contributed by atoms with Gasteiger partial charge in [-0.05, 0) is 117 Å². The van der Waals surface area contributed by atoms with Crippen LogP contribution in [0.15, 0.2) is 182 Å². The minimum absolute atomic E-state index is 0.0651. The van der Waals surface area contributed by atoms with E-state index in [-0.39, 0.29) is 5.41 Å². The Morgan fingerprint density at radius 1 is 0.412 bits per heavy atom. The average Bonchev–Trinajstić information content (AvgIpc) is 3.62. The number of hydrogen-bond donors (Lipinski definition) is 0.